The zero-order valence-electron chi connectivity index (χ0n) is 19.3. The van der Waals surface area contributed by atoms with Crippen molar-refractivity contribution in [3.8, 4) is 5.75 Å². The lowest BCUT2D eigenvalue weighted by atomic mass is 9.72. The van der Waals surface area contributed by atoms with Crippen molar-refractivity contribution < 1.29 is 4.74 Å². The van der Waals surface area contributed by atoms with E-state index in [0.717, 1.165) is 12.2 Å². The summed E-state index contributed by atoms with van der Waals surface area (Å²) in [5.41, 5.74) is 5.78. The molecule has 0 bridgehead atoms. The number of rotatable bonds is 6. The van der Waals surface area contributed by atoms with Crippen LogP contribution < -0.4 is 4.74 Å². The van der Waals surface area contributed by atoms with Crippen LogP contribution in [-0.4, -0.2) is 23.5 Å². The summed E-state index contributed by atoms with van der Waals surface area (Å²) in [5.74, 6) is 0.978. The molecule has 1 heterocycles. The Morgan fingerprint density at radius 1 is 0.844 bits per heavy atom. The lowest BCUT2D eigenvalue weighted by Crippen LogP contribution is -2.55. The van der Waals surface area contributed by atoms with Crippen molar-refractivity contribution >= 4 is 0 Å². The van der Waals surface area contributed by atoms with Gasteiger partial charge in [0.05, 0.1) is 0 Å². The van der Waals surface area contributed by atoms with Gasteiger partial charge in [0, 0.05) is 5.54 Å². The van der Waals surface area contributed by atoms with E-state index >= 15 is 0 Å². The van der Waals surface area contributed by atoms with Crippen molar-refractivity contribution in [2.24, 2.45) is 0 Å². The fourth-order valence-electron chi connectivity index (χ4n) is 5.87. The number of hydrogen-bond acceptors (Lipinski definition) is 2. The van der Waals surface area contributed by atoms with Gasteiger partial charge in [0.2, 0.25) is 0 Å². The maximum absolute atomic E-state index is 6.64. The van der Waals surface area contributed by atoms with Crippen LogP contribution in [0.15, 0.2) is 78.9 Å². The van der Waals surface area contributed by atoms with Gasteiger partial charge in [-0.05, 0) is 86.0 Å². The van der Waals surface area contributed by atoms with Gasteiger partial charge in [-0.25, -0.2) is 0 Å². The average molecular weight is 426 g/mol. The standard InChI is InChI=1S/C30H35NO/c1-2-20-31-21-10-9-18-30(31)19-17-26-22-28(16-15-27(26)23-30)32-29(24-11-5-3-6-12-24)25-13-7-4-8-14-25/h3-8,11-16,22,29H,2,9-10,17-21,23H2,1H3. The molecular formula is C30H35NO. The molecule has 1 atom stereocenters. The molecule has 2 nitrogen and oxygen atoms in total. The molecule has 1 aliphatic heterocycles. The Kier molecular flexibility index (Phi) is 6.32. The molecule has 1 unspecified atom stereocenters. The van der Waals surface area contributed by atoms with E-state index < -0.39 is 0 Å². The molecule has 0 N–H and O–H groups in total. The maximum atomic E-state index is 6.64. The highest BCUT2D eigenvalue weighted by molar-refractivity contribution is 5.41. The van der Waals surface area contributed by atoms with Crippen molar-refractivity contribution in [3.63, 3.8) is 0 Å². The largest absolute Gasteiger partial charge is 0.481 e. The molecule has 1 fully saturated rings. The highest BCUT2D eigenvalue weighted by atomic mass is 16.5. The number of nitrogens with zero attached hydrogens (tertiary/aromatic N) is 1. The van der Waals surface area contributed by atoms with Crippen LogP contribution in [0.3, 0.4) is 0 Å². The molecule has 0 radical (unpaired) electrons. The van der Waals surface area contributed by atoms with Gasteiger partial charge < -0.3 is 4.74 Å². The summed E-state index contributed by atoms with van der Waals surface area (Å²) < 4.78 is 6.64. The number of aryl methyl sites for hydroxylation is 1. The summed E-state index contributed by atoms with van der Waals surface area (Å²) in [4.78, 5) is 2.81. The Morgan fingerprint density at radius 2 is 1.56 bits per heavy atom. The van der Waals surface area contributed by atoms with Gasteiger partial charge in [0.15, 0.2) is 0 Å². The summed E-state index contributed by atoms with van der Waals surface area (Å²) in [6.07, 6.45) is 8.90. The van der Waals surface area contributed by atoms with E-state index in [2.05, 4.69) is 90.7 Å². The van der Waals surface area contributed by atoms with Gasteiger partial charge >= 0.3 is 0 Å². The first-order valence-electron chi connectivity index (χ1n) is 12.4. The smallest absolute Gasteiger partial charge is 0.149 e. The lowest BCUT2D eigenvalue weighted by molar-refractivity contribution is 0.0340. The minimum atomic E-state index is -0.0937. The van der Waals surface area contributed by atoms with Crippen LogP contribution in [0.1, 0.15) is 67.4 Å². The van der Waals surface area contributed by atoms with E-state index in [1.54, 1.807) is 0 Å². The van der Waals surface area contributed by atoms with E-state index in [1.807, 2.05) is 0 Å². The summed E-state index contributed by atoms with van der Waals surface area (Å²) in [6, 6.07) is 28.0. The Balaban J connectivity index is 1.39. The predicted molar refractivity (Wildman–Crippen MR) is 132 cm³/mol. The molecule has 3 aromatic rings. The summed E-state index contributed by atoms with van der Waals surface area (Å²) in [5, 5.41) is 0. The van der Waals surface area contributed by atoms with E-state index in [4.69, 9.17) is 4.74 Å². The third-order valence-corrected chi connectivity index (χ3v) is 7.50. The quantitative estimate of drug-likeness (QED) is 0.422. The van der Waals surface area contributed by atoms with Gasteiger partial charge in [0.25, 0.3) is 0 Å². The van der Waals surface area contributed by atoms with Crippen molar-refractivity contribution in [2.45, 2.75) is 63.5 Å². The zero-order valence-corrected chi connectivity index (χ0v) is 19.3. The first kappa shape index (κ1) is 21.3. The number of hydrogen-bond donors (Lipinski definition) is 0. The van der Waals surface area contributed by atoms with Gasteiger partial charge in [-0.1, -0.05) is 80.1 Å². The number of fused-ring (bicyclic) bond motifs is 1. The van der Waals surface area contributed by atoms with Crippen molar-refractivity contribution in [1.29, 1.82) is 0 Å². The molecule has 1 aliphatic carbocycles. The molecular weight excluding hydrogens is 390 g/mol. The molecule has 166 valence electrons. The minimum absolute atomic E-state index is 0.0937. The van der Waals surface area contributed by atoms with Gasteiger partial charge in [-0.2, -0.15) is 0 Å². The van der Waals surface area contributed by atoms with E-state index in [1.165, 1.54) is 73.9 Å². The predicted octanol–water partition coefficient (Wildman–Crippen LogP) is 6.98. The molecule has 1 saturated heterocycles. The number of likely N-dealkylation sites (tertiary alicyclic amines) is 1. The molecule has 2 heteroatoms. The van der Waals surface area contributed by atoms with Gasteiger partial charge in [-0.3, -0.25) is 4.90 Å². The third-order valence-electron chi connectivity index (χ3n) is 7.50. The first-order valence-corrected chi connectivity index (χ1v) is 12.4. The van der Waals surface area contributed by atoms with Crippen LogP contribution in [0.25, 0.3) is 0 Å². The van der Waals surface area contributed by atoms with E-state index in [9.17, 15) is 0 Å². The minimum Gasteiger partial charge on any atom is -0.481 e. The molecule has 2 aliphatic rings. The zero-order chi connectivity index (χ0) is 21.8. The maximum Gasteiger partial charge on any atom is 0.149 e. The van der Waals surface area contributed by atoms with Crippen molar-refractivity contribution in [1.82, 2.24) is 4.90 Å². The molecule has 3 aromatic carbocycles. The number of ether oxygens (including phenoxy) is 1. The fourth-order valence-corrected chi connectivity index (χ4v) is 5.87. The Morgan fingerprint density at radius 3 is 2.25 bits per heavy atom. The number of benzene rings is 3. The molecule has 32 heavy (non-hydrogen) atoms. The number of piperidine rings is 1. The van der Waals surface area contributed by atoms with Crippen LogP contribution in [-0.2, 0) is 12.8 Å². The molecule has 0 amide bonds. The second-order valence-corrected chi connectivity index (χ2v) is 9.60. The fraction of sp³-hybridized carbons (Fsp3) is 0.400. The Labute approximate surface area is 193 Å². The second kappa shape index (κ2) is 9.50. The SMILES string of the molecule is CCCN1CCCCC12CCc1cc(OC(c3ccccc3)c3ccccc3)ccc1C2. The summed E-state index contributed by atoms with van der Waals surface area (Å²) in [7, 11) is 0. The monoisotopic (exact) mass is 425 g/mol. The lowest BCUT2D eigenvalue weighted by Gasteiger charge is -2.50. The normalized spacial score (nSPS) is 20.9. The van der Waals surface area contributed by atoms with Crippen molar-refractivity contribution in [3.05, 3.63) is 101 Å². The van der Waals surface area contributed by atoms with E-state index in [0.29, 0.717) is 5.54 Å². The first-order chi connectivity index (χ1) is 15.8. The second-order valence-electron chi connectivity index (χ2n) is 9.60. The van der Waals surface area contributed by atoms with Crippen molar-refractivity contribution in [2.75, 3.05) is 13.1 Å². The van der Waals surface area contributed by atoms with E-state index in [-0.39, 0.29) is 6.10 Å². The highest BCUT2D eigenvalue weighted by Crippen LogP contribution is 2.41. The highest BCUT2D eigenvalue weighted by Gasteiger charge is 2.40. The Bertz CT molecular complexity index is 974. The van der Waals surface area contributed by atoms with Crippen LogP contribution in [0.4, 0.5) is 0 Å². The van der Waals surface area contributed by atoms with Crippen LogP contribution in [0, 0.1) is 0 Å². The topological polar surface area (TPSA) is 12.5 Å². The van der Waals surface area contributed by atoms with Crippen LogP contribution in [0.5, 0.6) is 5.75 Å². The van der Waals surface area contributed by atoms with Crippen LogP contribution >= 0.6 is 0 Å². The Hall–Kier alpha value is -2.58. The molecule has 0 aromatic heterocycles. The summed E-state index contributed by atoms with van der Waals surface area (Å²) in [6.45, 7) is 4.84. The molecule has 0 saturated carbocycles. The summed E-state index contributed by atoms with van der Waals surface area (Å²) >= 11 is 0. The van der Waals surface area contributed by atoms with Gasteiger partial charge in [-0.15, -0.1) is 0 Å². The van der Waals surface area contributed by atoms with Crippen LogP contribution in [0.2, 0.25) is 0 Å². The molecule has 1 spiro atoms. The average Bonchev–Trinajstić information content (AvgIpc) is 2.85. The van der Waals surface area contributed by atoms with Gasteiger partial charge in [0.1, 0.15) is 11.9 Å². The third kappa shape index (κ3) is 4.34. The molecule has 5 rings (SSSR count).